The molecular formula is C45H30N2O. The normalized spacial score (nSPS) is 15.8. The molecule has 3 heterocycles. The van der Waals surface area contributed by atoms with Crippen molar-refractivity contribution in [2.75, 3.05) is 0 Å². The van der Waals surface area contributed by atoms with Crippen LogP contribution in [0.15, 0.2) is 180 Å². The number of hydrogen-bond donors (Lipinski definition) is 1. The highest BCUT2D eigenvalue weighted by molar-refractivity contribution is 6.13. The number of rotatable bonds is 4. The minimum atomic E-state index is 0.110. The number of fused-ring (bicyclic) bond motifs is 7. The van der Waals surface area contributed by atoms with Gasteiger partial charge in [-0.25, -0.2) is 0 Å². The Morgan fingerprint density at radius 3 is 2.15 bits per heavy atom. The van der Waals surface area contributed by atoms with Gasteiger partial charge in [0.05, 0.1) is 22.8 Å². The van der Waals surface area contributed by atoms with Crippen LogP contribution < -0.4 is 5.32 Å². The summed E-state index contributed by atoms with van der Waals surface area (Å²) < 4.78 is 9.23. The van der Waals surface area contributed by atoms with Crippen molar-refractivity contribution in [3.05, 3.63) is 187 Å². The third-order valence-electron chi connectivity index (χ3n) is 9.83. The lowest BCUT2D eigenvalue weighted by atomic mass is 9.87. The quantitative estimate of drug-likeness (QED) is 0.214. The van der Waals surface area contributed by atoms with Gasteiger partial charge in [-0.05, 0) is 64.2 Å². The lowest BCUT2D eigenvalue weighted by Gasteiger charge is -2.29. The number of nitrogens with one attached hydrogen (secondary N) is 1. The average Bonchev–Trinajstić information content (AvgIpc) is 3.70. The monoisotopic (exact) mass is 614 g/mol. The molecule has 1 unspecified atom stereocenters. The number of aromatic nitrogens is 1. The van der Waals surface area contributed by atoms with Crippen molar-refractivity contribution in [3.63, 3.8) is 0 Å². The van der Waals surface area contributed by atoms with Gasteiger partial charge in [0.25, 0.3) is 0 Å². The van der Waals surface area contributed by atoms with Crippen LogP contribution in [0, 0.1) is 0 Å². The van der Waals surface area contributed by atoms with E-state index in [1.165, 1.54) is 38.6 Å². The Morgan fingerprint density at radius 2 is 1.27 bits per heavy atom. The zero-order valence-corrected chi connectivity index (χ0v) is 26.1. The van der Waals surface area contributed by atoms with Gasteiger partial charge in [-0.1, -0.05) is 133 Å². The highest BCUT2D eigenvalue weighted by atomic mass is 16.3. The van der Waals surface area contributed by atoms with Crippen LogP contribution in [0.4, 0.5) is 0 Å². The van der Waals surface area contributed by atoms with E-state index in [-0.39, 0.29) is 6.04 Å². The van der Waals surface area contributed by atoms with Gasteiger partial charge in [-0.2, -0.15) is 0 Å². The maximum absolute atomic E-state index is 6.86. The summed E-state index contributed by atoms with van der Waals surface area (Å²) in [5.74, 6) is 0. The van der Waals surface area contributed by atoms with E-state index in [2.05, 4.69) is 180 Å². The third kappa shape index (κ3) is 4.14. The second-order valence-electron chi connectivity index (χ2n) is 12.6. The van der Waals surface area contributed by atoms with E-state index in [9.17, 15) is 0 Å². The molecule has 2 aromatic heterocycles. The molecule has 3 heteroatoms. The molecule has 226 valence electrons. The second-order valence-corrected chi connectivity index (χ2v) is 12.6. The first kappa shape index (κ1) is 26.9. The van der Waals surface area contributed by atoms with E-state index < -0.39 is 0 Å². The van der Waals surface area contributed by atoms with E-state index >= 15 is 0 Å². The molecule has 6 aromatic carbocycles. The Labute approximate surface area is 278 Å². The van der Waals surface area contributed by atoms with Crippen LogP contribution in [0.5, 0.6) is 0 Å². The maximum atomic E-state index is 6.86. The van der Waals surface area contributed by atoms with Crippen LogP contribution in [0.2, 0.25) is 0 Å². The smallest absolute Gasteiger partial charge is 0.159 e. The molecule has 48 heavy (non-hydrogen) atoms. The lowest BCUT2D eigenvalue weighted by molar-refractivity contribution is 0.666. The number of para-hydroxylation sites is 2. The van der Waals surface area contributed by atoms with Crippen molar-refractivity contribution in [2.45, 2.75) is 6.04 Å². The predicted octanol–water partition coefficient (Wildman–Crippen LogP) is 11.2. The zero-order valence-electron chi connectivity index (χ0n) is 26.1. The minimum absolute atomic E-state index is 0.110. The Morgan fingerprint density at radius 1 is 0.542 bits per heavy atom. The van der Waals surface area contributed by atoms with Gasteiger partial charge < -0.3 is 14.3 Å². The van der Waals surface area contributed by atoms with Crippen LogP contribution in [-0.2, 0) is 0 Å². The molecule has 8 aromatic rings. The Hall–Kier alpha value is -6.32. The SMILES string of the molecule is C1=CC2=C(c3ccccc3)C=C(c3ccc4c(c3)oc3c(-n5c6ccccc6c6ccc(-c7ccccc7)cc65)cccc34)NC2C=C1. The molecule has 1 aliphatic heterocycles. The summed E-state index contributed by atoms with van der Waals surface area (Å²) in [5, 5.41) is 8.45. The van der Waals surface area contributed by atoms with Gasteiger partial charge in [0.2, 0.25) is 0 Å². The summed E-state index contributed by atoms with van der Waals surface area (Å²) in [6.07, 6.45) is 11.0. The molecule has 0 fully saturated rings. The molecule has 3 nitrogen and oxygen atoms in total. The molecule has 0 radical (unpaired) electrons. The summed E-state index contributed by atoms with van der Waals surface area (Å²) in [7, 11) is 0. The van der Waals surface area contributed by atoms with Gasteiger partial charge in [-0.3, -0.25) is 0 Å². The molecule has 1 N–H and O–H groups in total. The van der Waals surface area contributed by atoms with Gasteiger partial charge in [0.1, 0.15) is 5.58 Å². The number of furan rings is 1. The molecule has 0 spiro atoms. The van der Waals surface area contributed by atoms with Crippen molar-refractivity contribution in [1.82, 2.24) is 9.88 Å². The van der Waals surface area contributed by atoms with Crippen LogP contribution in [0.1, 0.15) is 11.1 Å². The lowest BCUT2D eigenvalue weighted by Crippen LogP contribution is -2.31. The summed E-state index contributed by atoms with van der Waals surface area (Å²) in [6.45, 7) is 0. The average molecular weight is 615 g/mol. The van der Waals surface area contributed by atoms with Crippen LogP contribution in [-0.4, -0.2) is 10.6 Å². The van der Waals surface area contributed by atoms with Crippen LogP contribution in [0.3, 0.4) is 0 Å². The fourth-order valence-corrected chi connectivity index (χ4v) is 7.56. The van der Waals surface area contributed by atoms with E-state index in [1.54, 1.807) is 0 Å². The molecular weight excluding hydrogens is 585 g/mol. The zero-order chi connectivity index (χ0) is 31.6. The maximum Gasteiger partial charge on any atom is 0.159 e. The molecule has 1 atom stereocenters. The molecule has 0 saturated heterocycles. The van der Waals surface area contributed by atoms with Gasteiger partial charge in [-0.15, -0.1) is 0 Å². The first-order chi connectivity index (χ1) is 23.8. The number of nitrogens with zero attached hydrogens (tertiary/aromatic N) is 1. The van der Waals surface area contributed by atoms with Gasteiger partial charge >= 0.3 is 0 Å². The number of allylic oxidation sites excluding steroid dienone is 4. The Kier molecular flexibility index (Phi) is 5.94. The van der Waals surface area contributed by atoms with E-state index in [0.717, 1.165) is 49.9 Å². The van der Waals surface area contributed by atoms with E-state index in [0.29, 0.717) is 0 Å². The predicted molar refractivity (Wildman–Crippen MR) is 200 cm³/mol. The molecule has 0 saturated carbocycles. The summed E-state index contributed by atoms with van der Waals surface area (Å²) in [4.78, 5) is 0. The molecule has 0 bridgehead atoms. The summed E-state index contributed by atoms with van der Waals surface area (Å²) in [5.41, 5.74) is 13.4. The molecule has 2 aliphatic rings. The Bertz CT molecular complexity index is 2680. The molecule has 1 aliphatic carbocycles. The largest absolute Gasteiger partial charge is 0.454 e. The van der Waals surface area contributed by atoms with Crippen molar-refractivity contribution in [3.8, 4) is 16.8 Å². The van der Waals surface area contributed by atoms with Crippen molar-refractivity contribution >= 4 is 55.0 Å². The van der Waals surface area contributed by atoms with Crippen molar-refractivity contribution in [2.24, 2.45) is 0 Å². The second kappa shape index (κ2) is 10.6. The Balaban J connectivity index is 1.15. The highest BCUT2D eigenvalue weighted by Crippen LogP contribution is 2.40. The van der Waals surface area contributed by atoms with E-state index in [4.69, 9.17) is 4.42 Å². The van der Waals surface area contributed by atoms with Gasteiger partial charge in [0.15, 0.2) is 5.58 Å². The van der Waals surface area contributed by atoms with E-state index in [1.807, 2.05) is 0 Å². The number of dihydropyridines is 1. The topological polar surface area (TPSA) is 30.1 Å². The molecule has 10 rings (SSSR count). The van der Waals surface area contributed by atoms with Gasteiger partial charge in [0, 0.05) is 32.8 Å². The fraction of sp³-hybridized carbons (Fsp3) is 0.0222. The minimum Gasteiger partial charge on any atom is -0.454 e. The first-order valence-corrected chi connectivity index (χ1v) is 16.5. The first-order valence-electron chi connectivity index (χ1n) is 16.5. The van der Waals surface area contributed by atoms with Crippen LogP contribution >= 0.6 is 0 Å². The highest BCUT2D eigenvalue weighted by Gasteiger charge is 2.24. The van der Waals surface area contributed by atoms with Crippen molar-refractivity contribution < 1.29 is 4.42 Å². The standard InChI is InChI=1S/C45H30N2O/c1-3-12-29(13-4-1)31-22-24-35-34-17-8-10-20-41(34)47(43(35)26-31)42-21-11-18-37-36-25-23-32(27-44(36)48-45(37)42)40-28-38(30-14-5-2-6-15-30)33-16-7-9-19-39(33)46-40/h1-28,39,46H. The summed E-state index contributed by atoms with van der Waals surface area (Å²) >= 11 is 0. The third-order valence-corrected chi connectivity index (χ3v) is 9.83. The van der Waals surface area contributed by atoms with Crippen LogP contribution in [0.25, 0.3) is 71.8 Å². The molecule has 0 amide bonds. The fourth-order valence-electron chi connectivity index (χ4n) is 7.56. The number of benzene rings is 6. The summed E-state index contributed by atoms with van der Waals surface area (Å²) in [6, 6.07) is 49.9. The van der Waals surface area contributed by atoms with Crippen molar-refractivity contribution in [1.29, 1.82) is 0 Å². The number of hydrogen-bond acceptors (Lipinski definition) is 2.